The first-order chi connectivity index (χ1) is 10.0. The summed E-state index contributed by atoms with van der Waals surface area (Å²) < 4.78 is 0. The molecule has 1 atom stereocenters. The number of rotatable bonds is 4. The van der Waals surface area contributed by atoms with Crippen molar-refractivity contribution in [2.24, 2.45) is 0 Å². The number of hydrogen-bond donors (Lipinski definition) is 4. The van der Waals surface area contributed by atoms with Crippen molar-refractivity contribution in [1.82, 2.24) is 5.32 Å². The number of nitrogens with one attached hydrogen (secondary N) is 2. The van der Waals surface area contributed by atoms with Crippen molar-refractivity contribution in [2.75, 3.05) is 12.4 Å². The number of benzene rings is 2. The third-order valence-electron chi connectivity index (χ3n) is 3.23. The normalized spacial score (nSPS) is 11.7. The molecule has 4 N–H and O–H groups in total. The van der Waals surface area contributed by atoms with Gasteiger partial charge < -0.3 is 20.8 Å². The standard InChI is InChI=1S/C16H18N2O3/c1-10(14-9-13(19)7-8-15(14)20)18-12-5-3-11(4-6-12)16(21)17-2/h3-10,18-20H,1-2H3,(H,17,21). The molecular weight excluding hydrogens is 268 g/mol. The van der Waals surface area contributed by atoms with Gasteiger partial charge in [0.2, 0.25) is 0 Å². The second-order valence-electron chi connectivity index (χ2n) is 4.77. The Labute approximate surface area is 123 Å². The molecule has 0 saturated carbocycles. The number of amides is 1. The van der Waals surface area contributed by atoms with Crippen LogP contribution in [0.15, 0.2) is 42.5 Å². The van der Waals surface area contributed by atoms with E-state index in [1.165, 1.54) is 18.2 Å². The van der Waals surface area contributed by atoms with Gasteiger partial charge in [-0.15, -0.1) is 0 Å². The summed E-state index contributed by atoms with van der Waals surface area (Å²) in [7, 11) is 1.58. The SMILES string of the molecule is CNC(=O)c1ccc(NC(C)c2cc(O)ccc2O)cc1. The lowest BCUT2D eigenvalue weighted by Gasteiger charge is -2.17. The van der Waals surface area contributed by atoms with Crippen molar-refractivity contribution in [3.63, 3.8) is 0 Å². The Morgan fingerprint density at radius 3 is 2.38 bits per heavy atom. The number of hydrogen-bond acceptors (Lipinski definition) is 4. The van der Waals surface area contributed by atoms with Crippen LogP contribution in [-0.2, 0) is 0 Å². The van der Waals surface area contributed by atoms with Crippen molar-refractivity contribution in [3.05, 3.63) is 53.6 Å². The van der Waals surface area contributed by atoms with Gasteiger partial charge in [0.1, 0.15) is 11.5 Å². The highest BCUT2D eigenvalue weighted by Crippen LogP contribution is 2.30. The molecule has 0 saturated heterocycles. The van der Waals surface area contributed by atoms with E-state index >= 15 is 0 Å². The zero-order valence-corrected chi connectivity index (χ0v) is 11.9. The summed E-state index contributed by atoms with van der Waals surface area (Å²) in [6.45, 7) is 1.88. The van der Waals surface area contributed by atoms with E-state index in [4.69, 9.17) is 0 Å². The van der Waals surface area contributed by atoms with Crippen LogP contribution >= 0.6 is 0 Å². The Kier molecular flexibility index (Phi) is 4.33. The zero-order chi connectivity index (χ0) is 15.4. The molecule has 0 aliphatic carbocycles. The fourth-order valence-corrected chi connectivity index (χ4v) is 2.08. The molecule has 0 spiro atoms. The van der Waals surface area contributed by atoms with E-state index in [1.54, 1.807) is 31.3 Å². The molecular formula is C16H18N2O3. The van der Waals surface area contributed by atoms with E-state index in [0.717, 1.165) is 5.69 Å². The fourth-order valence-electron chi connectivity index (χ4n) is 2.08. The minimum Gasteiger partial charge on any atom is -0.508 e. The van der Waals surface area contributed by atoms with E-state index in [1.807, 2.05) is 6.92 Å². The van der Waals surface area contributed by atoms with Gasteiger partial charge in [-0.2, -0.15) is 0 Å². The van der Waals surface area contributed by atoms with E-state index in [9.17, 15) is 15.0 Å². The van der Waals surface area contributed by atoms with Crippen LogP contribution in [0.3, 0.4) is 0 Å². The van der Waals surface area contributed by atoms with Crippen molar-refractivity contribution in [3.8, 4) is 11.5 Å². The highest BCUT2D eigenvalue weighted by atomic mass is 16.3. The number of anilines is 1. The number of phenolic OH excluding ortho intramolecular Hbond substituents is 2. The van der Waals surface area contributed by atoms with Crippen LogP contribution in [0.1, 0.15) is 28.9 Å². The fraction of sp³-hybridized carbons (Fsp3) is 0.188. The largest absolute Gasteiger partial charge is 0.508 e. The third kappa shape index (κ3) is 3.45. The lowest BCUT2D eigenvalue weighted by molar-refractivity contribution is 0.0963. The van der Waals surface area contributed by atoms with Crippen molar-refractivity contribution >= 4 is 11.6 Å². The smallest absolute Gasteiger partial charge is 0.251 e. The summed E-state index contributed by atoms with van der Waals surface area (Å²) in [6, 6.07) is 11.2. The molecule has 2 aromatic rings. The third-order valence-corrected chi connectivity index (χ3v) is 3.23. The van der Waals surface area contributed by atoms with E-state index in [0.29, 0.717) is 11.1 Å². The number of carbonyl (C=O) groups is 1. The lowest BCUT2D eigenvalue weighted by atomic mass is 10.1. The molecule has 0 aromatic heterocycles. The maximum atomic E-state index is 11.5. The van der Waals surface area contributed by atoms with Gasteiger partial charge in [0.15, 0.2) is 0 Å². The maximum Gasteiger partial charge on any atom is 0.251 e. The van der Waals surface area contributed by atoms with E-state index < -0.39 is 0 Å². The average molecular weight is 286 g/mol. The van der Waals surface area contributed by atoms with Crippen LogP contribution in [0.25, 0.3) is 0 Å². The predicted molar refractivity (Wildman–Crippen MR) is 81.6 cm³/mol. The quantitative estimate of drug-likeness (QED) is 0.651. The molecule has 0 bridgehead atoms. The van der Waals surface area contributed by atoms with Gasteiger partial charge >= 0.3 is 0 Å². The Morgan fingerprint density at radius 1 is 1.10 bits per heavy atom. The van der Waals surface area contributed by atoms with Crippen LogP contribution in [0.4, 0.5) is 5.69 Å². The molecule has 0 fully saturated rings. The first-order valence-corrected chi connectivity index (χ1v) is 6.62. The van der Waals surface area contributed by atoms with Gasteiger partial charge in [-0.1, -0.05) is 0 Å². The highest BCUT2D eigenvalue weighted by Gasteiger charge is 2.11. The van der Waals surface area contributed by atoms with Gasteiger partial charge in [0.25, 0.3) is 5.91 Å². The second kappa shape index (κ2) is 6.17. The Morgan fingerprint density at radius 2 is 1.76 bits per heavy atom. The van der Waals surface area contributed by atoms with Crippen molar-refractivity contribution < 1.29 is 15.0 Å². The molecule has 0 aliphatic heterocycles. The summed E-state index contributed by atoms with van der Waals surface area (Å²) in [5, 5.41) is 25.1. The Balaban J connectivity index is 2.14. The van der Waals surface area contributed by atoms with Gasteiger partial charge in [-0.05, 0) is 49.4 Å². The predicted octanol–water partition coefficient (Wildman–Crippen LogP) is 2.63. The van der Waals surface area contributed by atoms with Crippen LogP contribution < -0.4 is 10.6 Å². The molecule has 0 aliphatic rings. The molecule has 5 nitrogen and oxygen atoms in total. The second-order valence-corrected chi connectivity index (χ2v) is 4.77. The molecule has 5 heteroatoms. The minimum atomic E-state index is -0.192. The monoisotopic (exact) mass is 286 g/mol. The average Bonchev–Trinajstić information content (AvgIpc) is 2.49. The Bertz CT molecular complexity index is 638. The molecule has 2 aromatic carbocycles. The Hall–Kier alpha value is -2.69. The van der Waals surface area contributed by atoms with Crippen molar-refractivity contribution in [1.29, 1.82) is 0 Å². The summed E-state index contributed by atoms with van der Waals surface area (Å²) in [4.78, 5) is 11.5. The maximum absolute atomic E-state index is 11.5. The van der Waals surface area contributed by atoms with Gasteiger partial charge in [-0.25, -0.2) is 0 Å². The highest BCUT2D eigenvalue weighted by molar-refractivity contribution is 5.94. The molecule has 2 rings (SSSR count). The first-order valence-electron chi connectivity index (χ1n) is 6.62. The first kappa shape index (κ1) is 14.7. The molecule has 21 heavy (non-hydrogen) atoms. The summed E-state index contributed by atoms with van der Waals surface area (Å²) in [5.41, 5.74) is 2.00. The van der Waals surface area contributed by atoms with Crippen LogP contribution in [0.5, 0.6) is 11.5 Å². The zero-order valence-electron chi connectivity index (χ0n) is 11.9. The number of carbonyl (C=O) groups excluding carboxylic acids is 1. The summed E-state index contributed by atoms with van der Waals surface area (Å²) >= 11 is 0. The summed E-state index contributed by atoms with van der Waals surface area (Å²) in [5.74, 6) is 0.0846. The molecule has 110 valence electrons. The topological polar surface area (TPSA) is 81.6 Å². The lowest BCUT2D eigenvalue weighted by Crippen LogP contribution is -2.17. The van der Waals surface area contributed by atoms with Gasteiger partial charge in [-0.3, -0.25) is 4.79 Å². The van der Waals surface area contributed by atoms with Crippen LogP contribution in [0, 0.1) is 0 Å². The molecule has 0 radical (unpaired) electrons. The number of phenols is 2. The van der Waals surface area contributed by atoms with Crippen LogP contribution in [0.2, 0.25) is 0 Å². The van der Waals surface area contributed by atoms with Crippen LogP contribution in [-0.4, -0.2) is 23.2 Å². The molecule has 0 heterocycles. The van der Waals surface area contributed by atoms with Gasteiger partial charge in [0.05, 0.1) is 6.04 Å². The van der Waals surface area contributed by atoms with E-state index in [2.05, 4.69) is 10.6 Å². The number of aromatic hydroxyl groups is 2. The summed E-state index contributed by atoms with van der Waals surface area (Å²) in [6.07, 6.45) is 0. The van der Waals surface area contributed by atoms with Crippen molar-refractivity contribution in [2.45, 2.75) is 13.0 Å². The molecule has 1 amide bonds. The molecule has 1 unspecified atom stereocenters. The van der Waals surface area contributed by atoms with E-state index in [-0.39, 0.29) is 23.4 Å². The van der Waals surface area contributed by atoms with Gasteiger partial charge in [0, 0.05) is 23.9 Å². The minimum absolute atomic E-state index is 0.103.